The Labute approximate surface area is 183 Å². The number of amides is 1. The highest BCUT2D eigenvalue weighted by Gasteiger charge is 2.10. The molecule has 0 aliphatic carbocycles. The zero-order valence-corrected chi connectivity index (χ0v) is 17.5. The maximum absolute atomic E-state index is 12.5. The second kappa shape index (κ2) is 8.61. The molecule has 2 N–H and O–H groups in total. The maximum Gasteiger partial charge on any atom is 0.290 e. The van der Waals surface area contributed by atoms with Gasteiger partial charge >= 0.3 is 0 Å². The quantitative estimate of drug-likeness (QED) is 0.221. The Morgan fingerprint density at radius 3 is 2.73 bits per heavy atom. The number of allylic oxidation sites excluding steroid dienone is 2. The van der Waals surface area contributed by atoms with Crippen LogP contribution in [-0.4, -0.2) is 23.0 Å². The monoisotopic (exact) mass is 437 g/mol. The minimum atomic E-state index is -0.366. The van der Waals surface area contributed by atoms with Gasteiger partial charge in [0.25, 0.3) is 5.91 Å². The van der Waals surface area contributed by atoms with E-state index in [4.69, 9.17) is 27.9 Å². The third-order valence-electron chi connectivity index (χ3n) is 4.50. The van der Waals surface area contributed by atoms with Gasteiger partial charge in [-0.25, -0.2) is 0 Å². The lowest BCUT2D eigenvalue weighted by atomic mass is 10.2. The maximum atomic E-state index is 12.5. The van der Waals surface area contributed by atoms with Crippen LogP contribution in [0.2, 0.25) is 10.0 Å². The lowest BCUT2D eigenvalue weighted by Gasteiger charge is -2.08. The fourth-order valence-corrected chi connectivity index (χ4v) is 3.38. The number of ether oxygens (including phenoxy) is 1. The van der Waals surface area contributed by atoms with Crippen LogP contribution >= 0.6 is 23.2 Å². The van der Waals surface area contributed by atoms with Crippen LogP contribution in [0.25, 0.3) is 27.9 Å². The second-order valence-electron chi connectivity index (χ2n) is 6.54. The summed E-state index contributed by atoms with van der Waals surface area (Å²) >= 11 is 12.1. The SMILES string of the molecule is COC(=CC=Cc1cc2cc(Cl)c(Cl)cc2[nH]1)C(=O)Nc1cnc2ccccc2c1. The summed E-state index contributed by atoms with van der Waals surface area (Å²) in [5.74, 6) is -0.198. The molecule has 1 amide bonds. The number of para-hydroxylation sites is 1. The molecule has 7 heteroatoms. The highest BCUT2D eigenvalue weighted by Crippen LogP contribution is 2.28. The van der Waals surface area contributed by atoms with E-state index in [0.717, 1.165) is 27.5 Å². The van der Waals surface area contributed by atoms with Gasteiger partial charge < -0.3 is 15.0 Å². The summed E-state index contributed by atoms with van der Waals surface area (Å²) in [7, 11) is 1.45. The molecule has 0 atom stereocenters. The van der Waals surface area contributed by atoms with E-state index in [2.05, 4.69) is 15.3 Å². The Kier molecular flexibility index (Phi) is 5.74. The number of nitrogens with zero attached hydrogens (tertiary/aromatic N) is 1. The predicted molar refractivity (Wildman–Crippen MR) is 123 cm³/mol. The van der Waals surface area contributed by atoms with Crippen molar-refractivity contribution in [2.45, 2.75) is 0 Å². The molecule has 0 radical (unpaired) electrons. The van der Waals surface area contributed by atoms with Gasteiger partial charge in [0.05, 0.1) is 34.6 Å². The van der Waals surface area contributed by atoms with Crippen molar-refractivity contribution in [3.63, 3.8) is 0 Å². The highest BCUT2D eigenvalue weighted by atomic mass is 35.5. The van der Waals surface area contributed by atoms with Gasteiger partial charge in [-0.05, 0) is 42.5 Å². The fourth-order valence-electron chi connectivity index (χ4n) is 3.05. The van der Waals surface area contributed by atoms with E-state index < -0.39 is 0 Å². The molecule has 4 rings (SSSR count). The average molecular weight is 438 g/mol. The first-order valence-electron chi connectivity index (χ1n) is 9.10. The van der Waals surface area contributed by atoms with Gasteiger partial charge in [0.15, 0.2) is 5.76 Å². The molecule has 150 valence electrons. The molecular formula is C23H17Cl2N3O2. The molecule has 0 bridgehead atoms. The van der Waals surface area contributed by atoms with Gasteiger partial charge in [0.1, 0.15) is 0 Å². The van der Waals surface area contributed by atoms with Crippen molar-refractivity contribution in [2.75, 3.05) is 12.4 Å². The number of hydrogen-bond acceptors (Lipinski definition) is 3. The smallest absolute Gasteiger partial charge is 0.290 e. The van der Waals surface area contributed by atoms with Gasteiger partial charge in [-0.1, -0.05) is 47.5 Å². The first-order valence-corrected chi connectivity index (χ1v) is 9.85. The number of rotatable bonds is 5. The summed E-state index contributed by atoms with van der Waals surface area (Å²) in [5, 5.41) is 5.68. The molecule has 2 heterocycles. The highest BCUT2D eigenvalue weighted by molar-refractivity contribution is 6.42. The van der Waals surface area contributed by atoms with E-state index in [1.165, 1.54) is 7.11 Å². The van der Waals surface area contributed by atoms with Crippen LogP contribution in [0.15, 0.2) is 72.6 Å². The molecule has 5 nitrogen and oxygen atoms in total. The number of H-pyrrole nitrogens is 1. The number of benzene rings is 2. The van der Waals surface area contributed by atoms with Crippen LogP contribution in [0.4, 0.5) is 5.69 Å². The number of fused-ring (bicyclic) bond motifs is 2. The molecular weight excluding hydrogens is 421 g/mol. The van der Waals surface area contributed by atoms with Crippen molar-refractivity contribution in [3.8, 4) is 0 Å². The van der Waals surface area contributed by atoms with Crippen LogP contribution in [0.1, 0.15) is 5.69 Å². The summed E-state index contributed by atoms with van der Waals surface area (Å²) in [6.07, 6.45) is 6.76. The van der Waals surface area contributed by atoms with Crippen LogP contribution in [0, 0.1) is 0 Å². The molecule has 2 aromatic heterocycles. The van der Waals surface area contributed by atoms with E-state index in [1.54, 1.807) is 30.5 Å². The molecule has 0 aliphatic heterocycles. The number of methoxy groups -OCH3 is 1. The number of halogens is 2. The van der Waals surface area contributed by atoms with Crippen molar-refractivity contribution >= 4 is 62.7 Å². The van der Waals surface area contributed by atoms with E-state index in [0.29, 0.717) is 15.7 Å². The normalized spacial score (nSPS) is 12.0. The number of hydrogen-bond donors (Lipinski definition) is 2. The number of anilines is 1. The Morgan fingerprint density at radius 1 is 1.10 bits per heavy atom. The standard InChI is InChI=1S/C23H17Cl2N3O2/c1-30-22(23(29)28-17-9-14-5-2-3-7-20(14)26-13-17)8-4-6-16-10-15-11-18(24)19(25)12-21(15)27-16/h2-13,27H,1H3,(H,28,29). The summed E-state index contributed by atoms with van der Waals surface area (Å²) in [6, 6.07) is 15.1. The first kappa shape index (κ1) is 20.0. The van der Waals surface area contributed by atoms with Crippen molar-refractivity contribution in [1.82, 2.24) is 9.97 Å². The lowest BCUT2D eigenvalue weighted by Crippen LogP contribution is -2.15. The summed E-state index contributed by atoms with van der Waals surface area (Å²) < 4.78 is 5.23. The predicted octanol–water partition coefficient (Wildman–Crippen LogP) is 6.21. The number of aromatic amines is 1. The van der Waals surface area contributed by atoms with Crippen LogP contribution < -0.4 is 5.32 Å². The molecule has 0 saturated carbocycles. The van der Waals surface area contributed by atoms with Gasteiger partial charge in [0.2, 0.25) is 0 Å². The molecule has 0 aliphatic rings. The van der Waals surface area contributed by atoms with Crippen LogP contribution in [-0.2, 0) is 9.53 Å². The molecule has 4 aromatic rings. The number of aromatic nitrogens is 2. The van der Waals surface area contributed by atoms with Crippen molar-refractivity contribution in [3.05, 3.63) is 88.4 Å². The van der Waals surface area contributed by atoms with Crippen molar-refractivity contribution in [1.29, 1.82) is 0 Å². The van der Waals surface area contributed by atoms with E-state index in [-0.39, 0.29) is 11.7 Å². The molecule has 2 aromatic carbocycles. The third kappa shape index (κ3) is 4.32. The Hall–Kier alpha value is -3.28. The Balaban J connectivity index is 1.50. The van der Waals surface area contributed by atoms with E-state index in [1.807, 2.05) is 42.5 Å². The molecule has 0 unspecified atom stereocenters. The zero-order valence-electron chi connectivity index (χ0n) is 15.9. The minimum absolute atomic E-state index is 0.168. The Morgan fingerprint density at radius 2 is 1.90 bits per heavy atom. The lowest BCUT2D eigenvalue weighted by molar-refractivity contribution is -0.115. The summed E-state index contributed by atoms with van der Waals surface area (Å²) in [5.41, 5.74) is 3.17. The van der Waals surface area contributed by atoms with Crippen LogP contribution in [0.5, 0.6) is 0 Å². The fraction of sp³-hybridized carbons (Fsp3) is 0.0435. The van der Waals surface area contributed by atoms with Gasteiger partial charge in [0, 0.05) is 22.0 Å². The van der Waals surface area contributed by atoms with Crippen molar-refractivity contribution in [2.24, 2.45) is 0 Å². The van der Waals surface area contributed by atoms with Gasteiger partial charge in [-0.2, -0.15) is 0 Å². The van der Waals surface area contributed by atoms with E-state index >= 15 is 0 Å². The molecule has 0 fully saturated rings. The van der Waals surface area contributed by atoms with Gasteiger partial charge in [-0.15, -0.1) is 0 Å². The topological polar surface area (TPSA) is 67.0 Å². The Bertz CT molecular complexity index is 1270. The first-order chi connectivity index (χ1) is 14.5. The molecule has 0 saturated heterocycles. The zero-order chi connectivity index (χ0) is 21.1. The minimum Gasteiger partial charge on any atom is -0.491 e. The van der Waals surface area contributed by atoms with Crippen molar-refractivity contribution < 1.29 is 9.53 Å². The number of carbonyl (C=O) groups excluding carboxylic acids is 1. The number of carbonyl (C=O) groups is 1. The largest absolute Gasteiger partial charge is 0.491 e. The van der Waals surface area contributed by atoms with Gasteiger partial charge in [-0.3, -0.25) is 9.78 Å². The molecule has 30 heavy (non-hydrogen) atoms. The average Bonchev–Trinajstić information content (AvgIpc) is 3.12. The number of pyridine rings is 1. The van der Waals surface area contributed by atoms with Crippen LogP contribution in [0.3, 0.4) is 0 Å². The third-order valence-corrected chi connectivity index (χ3v) is 5.22. The molecule has 0 spiro atoms. The number of nitrogens with one attached hydrogen (secondary N) is 2. The second-order valence-corrected chi connectivity index (χ2v) is 7.36. The summed E-state index contributed by atoms with van der Waals surface area (Å²) in [4.78, 5) is 20.1. The van der Waals surface area contributed by atoms with E-state index in [9.17, 15) is 4.79 Å². The summed E-state index contributed by atoms with van der Waals surface area (Å²) in [6.45, 7) is 0.